The second-order valence-corrected chi connectivity index (χ2v) is 4.68. The van der Waals surface area contributed by atoms with Gasteiger partial charge in [0.2, 0.25) is 0 Å². The minimum Gasteiger partial charge on any atom is -0.332 e. The molecule has 0 radical (unpaired) electrons. The molecule has 2 aromatic carbocycles. The van der Waals surface area contributed by atoms with Gasteiger partial charge in [0.15, 0.2) is 5.11 Å². The first kappa shape index (κ1) is 14.2. The SMILES string of the molecule is O=[N+]([O-])c1cccc(NC(=S)Nc2ccccc2Cl)c1. The molecule has 2 N–H and O–H groups in total. The molecule has 0 unspecified atom stereocenters. The van der Waals surface area contributed by atoms with E-state index in [-0.39, 0.29) is 5.69 Å². The number of para-hydroxylation sites is 1. The number of anilines is 2. The summed E-state index contributed by atoms with van der Waals surface area (Å²) in [4.78, 5) is 10.2. The maximum atomic E-state index is 10.7. The van der Waals surface area contributed by atoms with Crippen molar-refractivity contribution < 1.29 is 4.92 Å². The zero-order chi connectivity index (χ0) is 14.5. The van der Waals surface area contributed by atoms with E-state index in [1.54, 1.807) is 24.3 Å². The van der Waals surface area contributed by atoms with Crippen molar-refractivity contribution in [2.24, 2.45) is 0 Å². The Morgan fingerprint density at radius 3 is 2.60 bits per heavy atom. The molecule has 0 heterocycles. The van der Waals surface area contributed by atoms with E-state index in [0.717, 1.165) is 0 Å². The second-order valence-electron chi connectivity index (χ2n) is 3.87. The quantitative estimate of drug-likeness (QED) is 0.508. The van der Waals surface area contributed by atoms with Crippen molar-refractivity contribution in [3.05, 3.63) is 63.7 Å². The van der Waals surface area contributed by atoms with E-state index >= 15 is 0 Å². The minimum absolute atomic E-state index is 0.00413. The van der Waals surface area contributed by atoms with Gasteiger partial charge in [-0.25, -0.2) is 0 Å². The van der Waals surface area contributed by atoms with Crippen molar-refractivity contribution in [1.29, 1.82) is 0 Å². The molecule has 0 amide bonds. The molecule has 102 valence electrons. The Balaban J connectivity index is 2.07. The van der Waals surface area contributed by atoms with Gasteiger partial charge in [-0.2, -0.15) is 0 Å². The number of non-ortho nitro benzene ring substituents is 1. The van der Waals surface area contributed by atoms with E-state index in [2.05, 4.69) is 10.6 Å². The van der Waals surface area contributed by atoms with Crippen molar-refractivity contribution in [2.75, 3.05) is 10.6 Å². The van der Waals surface area contributed by atoms with E-state index in [0.29, 0.717) is 21.5 Å². The van der Waals surface area contributed by atoms with E-state index in [4.69, 9.17) is 23.8 Å². The number of halogens is 1. The number of nitrogens with zero attached hydrogens (tertiary/aromatic N) is 1. The Morgan fingerprint density at radius 1 is 1.15 bits per heavy atom. The first-order valence-electron chi connectivity index (χ1n) is 5.63. The summed E-state index contributed by atoms with van der Waals surface area (Å²) in [6, 6.07) is 13.2. The second kappa shape index (κ2) is 6.31. The Bertz CT molecular complexity index is 664. The van der Waals surface area contributed by atoms with Gasteiger partial charge in [-0.15, -0.1) is 0 Å². The summed E-state index contributed by atoms with van der Waals surface area (Å²) in [5.74, 6) is 0. The summed E-state index contributed by atoms with van der Waals surface area (Å²) in [6.07, 6.45) is 0. The Morgan fingerprint density at radius 2 is 1.90 bits per heavy atom. The molecule has 0 spiro atoms. The molecule has 0 fully saturated rings. The third-order valence-corrected chi connectivity index (χ3v) is 2.97. The van der Waals surface area contributed by atoms with E-state index in [1.807, 2.05) is 12.1 Å². The zero-order valence-corrected chi connectivity index (χ0v) is 11.7. The largest absolute Gasteiger partial charge is 0.332 e. The number of nitro groups is 1. The topological polar surface area (TPSA) is 67.2 Å². The van der Waals surface area contributed by atoms with Crippen molar-refractivity contribution >= 4 is 46.0 Å². The summed E-state index contributed by atoms with van der Waals surface area (Å²) in [5, 5.41) is 17.3. The van der Waals surface area contributed by atoms with E-state index in [9.17, 15) is 10.1 Å². The van der Waals surface area contributed by atoms with Crippen LogP contribution in [0.15, 0.2) is 48.5 Å². The van der Waals surface area contributed by atoms with Gasteiger partial charge in [0.25, 0.3) is 5.69 Å². The number of nitro benzene ring substituents is 1. The Kier molecular flexibility index (Phi) is 4.49. The van der Waals surface area contributed by atoms with Crippen LogP contribution in [0, 0.1) is 10.1 Å². The summed E-state index contributed by atoms with van der Waals surface area (Å²) in [5.41, 5.74) is 1.19. The highest BCUT2D eigenvalue weighted by Crippen LogP contribution is 2.21. The van der Waals surface area contributed by atoms with E-state index in [1.165, 1.54) is 12.1 Å². The monoisotopic (exact) mass is 307 g/mol. The number of thiocarbonyl (C=S) groups is 1. The Hall–Kier alpha value is -2.18. The lowest BCUT2D eigenvalue weighted by Crippen LogP contribution is -2.19. The molecular formula is C13H10ClN3O2S. The van der Waals surface area contributed by atoms with E-state index < -0.39 is 4.92 Å². The molecule has 0 aliphatic rings. The summed E-state index contributed by atoms with van der Waals surface area (Å²) < 4.78 is 0. The fourth-order valence-electron chi connectivity index (χ4n) is 1.54. The number of benzene rings is 2. The lowest BCUT2D eigenvalue weighted by atomic mass is 10.3. The maximum Gasteiger partial charge on any atom is 0.271 e. The molecule has 2 aromatic rings. The van der Waals surface area contributed by atoms with Crippen LogP contribution in [-0.4, -0.2) is 10.0 Å². The standard InChI is InChI=1S/C13H10ClN3O2S/c14-11-6-1-2-7-12(11)16-13(20)15-9-4-3-5-10(8-9)17(18)19/h1-8H,(H2,15,16,20). The van der Waals surface area contributed by atoms with Crippen LogP contribution >= 0.6 is 23.8 Å². The Labute approximate surface area is 125 Å². The van der Waals surface area contributed by atoms with Crippen molar-refractivity contribution in [3.63, 3.8) is 0 Å². The molecule has 5 nitrogen and oxygen atoms in total. The summed E-state index contributed by atoms with van der Waals surface area (Å²) in [7, 11) is 0. The smallest absolute Gasteiger partial charge is 0.271 e. The molecule has 0 aliphatic heterocycles. The van der Waals surface area contributed by atoms with Gasteiger partial charge >= 0.3 is 0 Å². The number of hydrogen-bond donors (Lipinski definition) is 2. The van der Waals surface area contributed by atoms with Crippen molar-refractivity contribution in [3.8, 4) is 0 Å². The molecule has 7 heteroatoms. The van der Waals surface area contributed by atoms with Crippen molar-refractivity contribution in [1.82, 2.24) is 0 Å². The van der Waals surface area contributed by atoms with Gasteiger partial charge in [0.1, 0.15) is 0 Å². The lowest BCUT2D eigenvalue weighted by molar-refractivity contribution is -0.384. The maximum absolute atomic E-state index is 10.7. The molecular weight excluding hydrogens is 298 g/mol. The van der Waals surface area contributed by atoms with Crippen LogP contribution in [0.2, 0.25) is 5.02 Å². The molecule has 0 saturated carbocycles. The van der Waals surface area contributed by atoms with Gasteiger partial charge in [-0.1, -0.05) is 29.8 Å². The number of nitrogens with one attached hydrogen (secondary N) is 2. The molecule has 0 saturated heterocycles. The zero-order valence-electron chi connectivity index (χ0n) is 10.2. The highest BCUT2D eigenvalue weighted by molar-refractivity contribution is 7.80. The predicted octanol–water partition coefficient (Wildman–Crippen LogP) is 4.06. The van der Waals surface area contributed by atoms with Crippen LogP contribution in [-0.2, 0) is 0 Å². The number of hydrogen-bond acceptors (Lipinski definition) is 3. The summed E-state index contributed by atoms with van der Waals surface area (Å²) in [6.45, 7) is 0. The average molecular weight is 308 g/mol. The highest BCUT2D eigenvalue weighted by atomic mass is 35.5. The van der Waals surface area contributed by atoms with Crippen LogP contribution in [0.25, 0.3) is 0 Å². The van der Waals surface area contributed by atoms with Crippen LogP contribution in [0.3, 0.4) is 0 Å². The molecule has 0 bridgehead atoms. The molecule has 2 rings (SSSR count). The van der Waals surface area contributed by atoms with Gasteiger partial charge in [-0.3, -0.25) is 10.1 Å². The van der Waals surface area contributed by atoms with Crippen LogP contribution in [0.5, 0.6) is 0 Å². The molecule has 20 heavy (non-hydrogen) atoms. The molecule has 0 aromatic heterocycles. The molecule has 0 aliphatic carbocycles. The van der Waals surface area contributed by atoms with Gasteiger partial charge in [0.05, 0.1) is 15.6 Å². The van der Waals surface area contributed by atoms with Gasteiger partial charge in [-0.05, 0) is 30.4 Å². The third-order valence-electron chi connectivity index (χ3n) is 2.44. The molecule has 0 atom stereocenters. The fraction of sp³-hybridized carbons (Fsp3) is 0. The third kappa shape index (κ3) is 3.66. The average Bonchev–Trinajstić information content (AvgIpc) is 2.41. The summed E-state index contributed by atoms with van der Waals surface area (Å²) >= 11 is 11.1. The van der Waals surface area contributed by atoms with Gasteiger partial charge < -0.3 is 10.6 Å². The predicted molar refractivity (Wildman–Crippen MR) is 84.4 cm³/mol. The van der Waals surface area contributed by atoms with Crippen LogP contribution in [0.4, 0.5) is 17.1 Å². The van der Waals surface area contributed by atoms with Crippen molar-refractivity contribution in [2.45, 2.75) is 0 Å². The minimum atomic E-state index is -0.463. The first-order valence-corrected chi connectivity index (χ1v) is 6.42. The lowest BCUT2D eigenvalue weighted by Gasteiger charge is -2.11. The normalized spacial score (nSPS) is 9.85. The highest BCUT2D eigenvalue weighted by Gasteiger charge is 2.07. The number of rotatable bonds is 3. The first-order chi connectivity index (χ1) is 9.56. The van der Waals surface area contributed by atoms with Gasteiger partial charge in [0, 0.05) is 17.8 Å². The fourth-order valence-corrected chi connectivity index (χ4v) is 1.96. The van der Waals surface area contributed by atoms with Crippen LogP contribution < -0.4 is 10.6 Å². The van der Waals surface area contributed by atoms with Crippen LogP contribution in [0.1, 0.15) is 0 Å².